The van der Waals surface area contributed by atoms with Crippen molar-refractivity contribution in [2.24, 2.45) is 5.92 Å². The highest BCUT2D eigenvalue weighted by molar-refractivity contribution is 6.05. The molecule has 0 radical (unpaired) electrons. The van der Waals surface area contributed by atoms with E-state index in [0.29, 0.717) is 22.7 Å². The van der Waals surface area contributed by atoms with Gasteiger partial charge in [0.15, 0.2) is 6.61 Å². The Morgan fingerprint density at radius 3 is 2.17 bits per heavy atom. The Labute approximate surface area is 203 Å². The lowest BCUT2D eigenvalue weighted by Crippen LogP contribution is -2.32. The number of nitrogens with one attached hydrogen (secondary N) is 2. The number of hydrogen-bond acceptors (Lipinski definition) is 8. The van der Waals surface area contributed by atoms with Gasteiger partial charge in [0.2, 0.25) is 5.91 Å². The number of amides is 2. The van der Waals surface area contributed by atoms with Crippen molar-refractivity contribution >= 4 is 35.3 Å². The summed E-state index contributed by atoms with van der Waals surface area (Å²) in [5.41, 5.74) is 0.615. The topological polar surface area (TPSA) is 129 Å². The van der Waals surface area contributed by atoms with Crippen LogP contribution in [0.15, 0.2) is 48.5 Å². The first-order valence-electron chi connectivity index (χ1n) is 10.8. The molecule has 0 aliphatic rings. The average Bonchev–Trinajstić information content (AvgIpc) is 2.79. The molecular formula is C25H30N2O8. The monoisotopic (exact) mass is 486 g/mol. The van der Waals surface area contributed by atoms with E-state index in [1.165, 1.54) is 20.3 Å². The molecule has 0 aliphatic carbocycles. The molecule has 2 N–H and O–H groups in total. The SMILES string of the molecule is COC(=O)COc1ccccc1CC(C(=O)Nc1cccc(NC(=O)OC(C)(C)C)c1)C(=O)OC. The van der Waals surface area contributed by atoms with Crippen molar-refractivity contribution in [3.8, 4) is 5.75 Å². The Morgan fingerprint density at radius 1 is 0.886 bits per heavy atom. The Hall–Kier alpha value is -4.08. The van der Waals surface area contributed by atoms with E-state index < -0.39 is 35.5 Å². The number of methoxy groups -OCH3 is 2. The van der Waals surface area contributed by atoms with Gasteiger partial charge < -0.3 is 24.3 Å². The van der Waals surface area contributed by atoms with E-state index in [-0.39, 0.29) is 13.0 Å². The summed E-state index contributed by atoms with van der Waals surface area (Å²) in [6.07, 6.45) is -0.678. The molecule has 0 heterocycles. The van der Waals surface area contributed by atoms with Crippen LogP contribution in [0.5, 0.6) is 5.75 Å². The smallest absolute Gasteiger partial charge is 0.412 e. The molecule has 1 atom stereocenters. The van der Waals surface area contributed by atoms with Crippen LogP contribution in [0.2, 0.25) is 0 Å². The van der Waals surface area contributed by atoms with Crippen LogP contribution in [0.3, 0.4) is 0 Å². The van der Waals surface area contributed by atoms with Crippen molar-refractivity contribution in [3.63, 3.8) is 0 Å². The fraction of sp³-hybridized carbons (Fsp3) is 0.360. The van der Waals surface area contributed by atoms with Crippen LogP contribution >= 0.6 is 0 Å². The van der Waals surface area contributed by atoms with Gasteiger partial charge in [-0.05, 0) is 57.0 Å². The van der Waals surface area contributed by atoms with E-state index in [1.54, 1.807) is 63.2 Å². The van der Waals surface area contributed by atoms with Crippen LogP contribution in [0.4, 0.5) is 16.2 Å². The quantitative estimate of drug-likeness (QED) is 0.313. The number of esters is 2. The van der Waals surface area contributed by atoms with Gasteiger partial charge in [0.25, 0.3) is 0 Å². The van der Waals surface area contributed by atoms with Crippen molar-refractivity contribution in [3.05, 3.63) is 54.1 Å². The molecule has 2 aromatic rings. The number of para-hydroxylation sites is 1. The average molecular weight is 487 g/mol. The van der Waals surface area contributed by atoms with Crippen molar-refractivity contribution < 1.29 is 38.1 Å². The maximum absolute atomic E-state index is 13.0. The number of anilines is 2. The standard InChI is InChI=1S/C25H30N2O8/c1-25(2,3)35-24(31)27-18-11-8-10-17(14-18)26-22(29)19(23(30)33-5)13-16-9-6-7-12-20(16)34-15-21(28)32-4/h6-12,14,19H,13,15H2,1-5H3,(H,26,29)(H,27,31). The molecule has 2 rings (SSSR count). The van der Waals surface area contributed by atoms with Gasteiger partial charge in [-0.25, -0.2) is 9.59 Å². The Bertz CT molecular complexity index is 1060. The summed E-state index contributed by atoms with van der Waals surface area (Å²) in [6.45, 7) is 4.92. The number of carbonyl (C=O) groups is 4. The van der Waals surface area contributed by atoms with Crippen molar-refractivity contribution in [2.45, 2.75) is 32.8 Å². The molecule has 10 nitrogen and oxygen atoms in total. The van der Waals surface area contributed by atoms with Gasteiger partial charge in [-0.3, -0.25) is 14.9 Å². The molecular weight excluding hydrogens is 456 g/mol. The lowest BCUT2D eigenvalue weighted by atomic mass is 9.97. The van der Waals surface area contributed by atoms with Gasteiger partial charge in [0.1, 0.15) is 17.3 Å². The van der Waals surface area contributed by atoms with Gasteiger partial charge in [-0.2, -0.15) is 0 Å². The minimum absolute atomic E-state index is 0.0360. The van der Waals surface area contributed by atoms with Crippen molar-refractivity contribution in [1.82, 2.24) is 0 Å². The summed E-state index contributed by atoms with van der Waals surface area (Å²) in [4.78, 5) is 48.9. The third-order valence-corrected chi connectivity index (χ3v) is 4.55. The van der Waals surface area contributed by atoms with E-state index in [1.807, 2.05) is 0 Å². The predicted octanol–water partition coefficient (Wildman–Crippen LogP) is 3.56. The van der Waals surface area contributed by atoms with Crippen LogP contribution < -0.4 is 15.4 Å². The second kappa shape index (κ2) is 12.4. The van der Waals surface area contributed by atoms with E-state index in [4.69, 9.17) is 14.2 Å². The lowest BCUT2D eigenvalue weighted by molar-refractivity contribution is -0.149. The molecule has 35 heavy (non-hydrogen) atoms. The Morgan fingerprint density at radius 2 is 1.54 bits per heavy atom. The summed E-state index contributed by atoms with van der Waals surface area (Å²) < 4.78 is 20.1. The number of ether oxygens (including phenoxy) is 4. The largest absolute Gasteiger partial charge is 0.482 e. The summed E-state index contributed by atoms with van der Waals surface area (Å²) in [5.74, 6) is -2.79. The van der Waals surface area contributed by atoms with Gasteiger partial charge in [-0.15, -0.1) is 0 Å². The molecule has 1 unspecified atom stereocenters. The number of carbonyl (C=O) groups excluding carboxylic acids is 4. The highest BCUT2D eigenvalue weighted by atomic mass is 16.6. The van der Waals surface area contributed by atoms with Crippen molar-refractivity contribution in [1.29, 1.82) is 0 Å². The van der Waals surface area contributed by atoms with Gasteiger partial charge in [0.05, 0.1) is 14.2 Å². The number of benzene rings is 2. The molecule has 2 amide bonds. The summed E-state index contributed by atoms with van der Waals surface area (Å²) in [7, 11) is 2.43. The first-order chi connectivity index (χ1) is 16.5. The zero-order valence-electron chi connectivity index (χ0n) is 20.4. The second-order valence-electron chi connectivity index (χ2n) is 8.45. The van der Waals surface area contributed by atoms with Gasteiger partial charge in [-0.1, -0.05) is 24.3 Å². The number of rotatable bonds is 9. The molecule has 0 spiro atoms. The zero-order valence-corrected chi connectivity index (χ0v) is 20.4. The van der Waals surface area contributed by atoms with Crippen LogP contribution in [-0.2, 0) is 35.0 Å². The van der Waals surface area contributed by atoms with E-state index in [0.717, 1.165) is 0 Å². The molecule has 2 aromatic carbocycles. The highest BCUT2D eigenvalue weighted by Gasteiger charge is 2.29. The predicted molar refractivity (Wildman–Crippen MR) is 128 cm³/mol. The minimum atomic E-state index is -1.20. The number of hydrogen-bond donors (Lipinski definition) is 2. The third-order valence-electron chi connectivity index (χ3n) is 4.55. The van der Waals surface area contributed by atoms with Crippen LogP contribution in [0.1, 0.15) is 26.3 Å². The maximum Gasteiger partial charge on any atom is 0.412 e. The fourth-order valence-corrected chi connectivity index (χ4v) is 2.98. The molecule has 0 saturated carbocycles. The Balaban J connectivity index is 2.16. The molecule has 0 bridgehead atoms. The minimum Gasteiger partial charge on any atom is -0.482 e. The molecule has 0 saturated heterocycles. The summed E-state index contributed by atoms with van der Waals surface area (Å²) in [5, 5.41) is 5.26. The first kappa shape index (κ1) is 27.2. The molecule has 0 aromatic heterocycles. The molecule has 188 valence electrons. The molecule has 0 fully saturated rings. The summed E-state index contributed by atoms with van der Waals surface area (Å²) in [6, 6.07) is 13.1. The van der Waals surface area contributed by atoms with Crippen LogP contribution in [0, 0.1) is 5.92 Å². The van der Waals surface area contributed by atoms with E-state index >= 15 is 0 Å². The van der Waals surface area contributed by atoms with Gasteiger partial charge >= 0.3 is 18.0 Å². The molecule has 0 aliphatic heterocycles. The second-order valence-corrected chi connectivity index (χ2v) is 8.45. The maximum atomic E-state index is 13.0. The lowest BCUT2D eigenvalue weighted by Gasteiger charge is -2.20. The van der Waals surface area contributed by atoms with Crippen molar-refractivity contribution in [2.75, 3.05) is 31.5 Å². The van der Waals surface area contributed by atoms with Crippen LogP contribution in [0.25, 0.3) is 0 Å². The third kappa shape index (κ3) is 9.00. The van der Waals surface area contributed by atoms with E-state index in [9.17, 15) is 19.2 Å². The zero-order chi connectivity index (χ0) is 26.0. The van der Waals surface area contributed by atoms with E-state index in [2.05, 4.69) is 15.4 Å². The van der Waals surface area contributed by atoms with Gasteiger partial charge in [0, 0.05) is 11.4 Å². The highest BCUT2D eigenvalue weighted by Crippen LogP contribution is 2.24. The Kier molecular flexibility index (Phi) is 9.63. The van der Waals surface area contributed by atoms with Crippen LogP contribution in [-0.4, -0.2) is 50.4 Å². The first-order valence-corrected chi connectivity index (χ1v) is 10.8. The summed E-state index contributed by atoms with van der Waals surface area (Å²) >= 11 is 0. The fourth-order valence-electron chi connectivity index (χ4n) is 2.98. The normalized spacial score (nSPS) is 11.6. The molecule has 10 heteroatoms.